The molecule has 0 aliphatic heterocycles. The number of fused-ring (bicyclic) bond motifs is 1. The van der Waals surface area contributed by atoms with Crippen LogP contribution in [0.5, 0.6) is 0 Å². The lowest BCUT2D eigenvalue weighted by molar-refractivity contribution is 0.102. The molecule has 2 radical (unpaired) electrons. The third kappa shape index (κ3) is 1.33. The summed E-state index contributed by atoms with van der Waals surface area (Å²) in [6.45, 7) is 1.54. The summed E-state index contributed by atoms with van der Waals surface area (Å²) in [7, 11) is 5.77. The Morgan fingerprint density at radius 3 is 2.57 bits per heavy atom. The second-order valence-electron chi connectivity index (χ2n) is 3.31. The number of ketones is 1. The summed E-state index contributed by atoms with van der Waals surface area (Å²) in [5.74, 6) is 0.0132. The minimum atomic E-state index is 0.0132. The van der Waals surface area contributed by atoms with Crippen LogP contribution >= 0.6 is 0 Å². The number of carbonyl (C=O) groups excluding carboxylic acids is 1. The van der Waals surface area contributed by atoms with Crippen LogP contribution in [0, 0.1) is 0 Å². The SMILES string of the molecule is [B]c1ccc2ccccc2c1C(C)=O. The van der Waals surface area contributed by atoms with Gasteiger partial charge in [0.1, 0.15) is 7.85 Å². The molecule has 1 nitrogen and oxygen atoms in total. The van der Waals surface area contributed by atoms with Gasteiger partial charge in [0.2, 0.25) is 0 Å². The third-order valence-electron chi connectivity index (χ3n) is 2.31. The molecule has 0 unspecified atom stereocenters. The van der Waals surface area contributed by atoms with Gasteiger partial charge in [0.15, 0.2) is 5.78 Å². The fourth-order valence-corrected chi connectivity index (χ4v) is 1.68. The van der Waals surface area contributed by atoms with E-state index in [2.05, 4.69) is 0 Å². The van der Waals surface area contributed by atoms with Gasteiger partial charge in [-0.15, -0.1) is 0 Å². The Balaban J connectivity index is 2.90. The molecule has 0 fully saturated rings. The van der Waals surface area contributed by atoms with Crippen LogP contribution in [-0.4, -0.2) is 13.6 Å². The standard InChI is InChI=1S/C12H9BO/c1-8(14)12-10-5-3-2-4-9(10)6-7-11(12)13/h2-7H,1H3. The highest BCUT2D eigenvalue weighted by atomic mass is 16.1. The van der Waals surface area contributed by atoms with Gasteiger partial charge in [0, 0.05) is 5.56 Å². The van der Waals surface area contributed by atoms with E-state index in [-0.39, 0.29) is 5.78 Å². The van der Waals surface area contributed by atoms with Crippen LogP contribution in [0.1, 0.15) is 17.3 Å². The molecule has 0 amide bonds. The summed E-state index contributed by atoms with van der Waals surface area (Å²) in [5, 5.41) is 1.98. The molecular formula is C12H9BO. The minimum absolute atomic E-state index is 0.0132. The number of hydrogen-bond acceptors (Lipinski definition) is 1. The van der Waals surface area contributed by atoms with E-state index in [0.29, 0.717) is 11.0 Å². The Morgan fingerprint density at radius 1 is 1.14 bits per heavy atom. The quantitative estimate of drug-likeness (QED) is 0.483. The van der Waals surface area contributed by atoms with Crippen LogP contribution in [0.25, 0.3) is 10.8 Å². The summed E-state index contributed by atoms with van der Waals surface area (Å²) in [6.07, 6.45) is 0. The van der Waals surface area contributed by atoms with Gasteiger partial charge in [-0.25, -0.2) is 0 Å². The van der Waals surface area contributed by atoms with Crippen molar-refractivity contribution in [3.05, 3.63) is 42.0 Å². The molecule has 0 heterocycles. The number of Topliss-reactive ketones (excluding diaryl/α,β-unsaturated/α-hetero) is 1. The highest BCUT2D eigenvalue weighted by molar-refractivity contribution is 6.38. The van der Waals surface area contributed by atoms with E-state index in [1.54, 1.807) is 6.07 Å². The molecule has 2 aromatic rings. The van der Waals surface area contributed by atoms with E-state index in [9.17, 15) is 4.79 Å². The Labute approximate surface area is 84.2 Å². The molecule has 0 saturated heterocycles. The largest absolute Gasteiger partial charge is 0.295 e. The molecule has 0 aromatic heterocycles. The fraction of sp³-hybridized carbons (Fsp3) is 0.0833. The summed E-state index contributed by atoms with van der Waals surface area (Å²) >= 11 is 0. The minimum Gasteiger partial charge on any atom is -0.295 e. The van der Waals surface area contributed by atoms with E-state index in [1.807, 2.05) is 30.3 Å². The molecule has 0 N–H and O–H groups in total. The first-order valence-corrected chi connectivity index (χ1v) is 4.48. The van der Waals surface area contributed by atoms with Crippen molar-refractivity contribution < 1.29 is 4.79 Å². The van der Waals surface area contributed by atoms with Crippen molar-refractivity contribution in [2.75, 3.05) is 0 Å². The molecule has 66 valence electrons. The van der Waals surface area contributed by atoms with Gasteiger partial charge in [0.05, 0.1) is 0 Å². The predicted octanol–water partition coefficient (Wildman–Crippen LogP) is 1.84. The maximum Gasteiger partial charge on any atom is 0.159 e. The molecular weight excluding hydrogens is 171 g/mol. The lowest BCUT2D eigenvalue weighted by Gasteiger charge is -2.06. The van der Waals surface area contributed by atoms with Crippen LogP contribution in [0.15, 0.2) is 36.4 Å². The van der Waals surface area contributed by atoms with E-state index in [4.69, 9.17) is 7.85 Å². The maximum atomic E-state index is 11.4. The van der Waals surface area contributed by atoms with Crippen molar-refractivity contribution in [3.63, 3.8) is 0 Å². The number of rotatable bonds is 1. The average Bonchev–Trinajstić information content (AvgIpc) is 2.17. The first-order chi connectivity index (χ1) is 6.70. The lowest BCUT2D eigenvalue weighted by Crippen LogP contribution is -2.14. The monoisotopic (exact) mass is 180 g/mol. The second-order valence-corrected chi connectivity index (χ2v) is 3.31. The van der Waals surface area contributed by atoms with Crippen LogP contribution in [0.4, 0.5) is 0 Å². The lowest BCUT2D eigenvalue weighted by atomic mass is 9.85. The zero-order chi connectivity index (χ0) is 10.1. The highest BCUT2D eigenvalue weighted by Crippen LogP contribution is 2.16. The van der Waals surface area contributed by atoms with Crippen LogP contribution in [0.2, 0.25) is 0 Å². The number of carbonyl (C=O) groups is 1. The van der Waals surface area contributed by atoms with Crippen LogP contribution in [0.3, 0.4) is 0 Å². The maximum absolute atomic E-state index is 11.4. The summed E-state index contributed by atoms with van der Waals surface area (Å²) < 4.78 is 0. The average molecular weight is 180 g/mol. The van der Waals surface area contributed by atoms with Gasteiger partial charge in [-0.3, -0.25) is 4.79 Å². The zero-order valence-electron chi connectivity index (χ0n) is 7.95. The van der Waals surface area contributed by atoms with Gasteiger partial charge >= 0.3 is 0 Å². The van der Waals surface area contributed by atoms with E-state index in [0.717, 1.165) is 10.8 Å². The third-order valence-corrected chi connectivity index (χ3v) is 2.31. The van der Waals surface area contributed by atoms with Crippen molar-refractivity contribution >= 4 is 29.9 Å². The van der Waals surface area contributed by atoms with Gasteiger partial charge in [-0.05, 0) is 17.7 Å². The number of hydrogen-bond donors (Lipinski definition) is 0. The summed E-state index contributed by atoms with van der Waals surface area (Å²) in [4.78, 5) is 11.4. The second kappa shape index (κ2) is 3.30. The van der Waals surface area contributed by atoms with Crippen LogP contribution in [-0.2, 0) is 0 Å². The normalized spacial score (nSPS) is 10.4. The van der Waals surface area contributed by atoms with Crippen molar-refractivity contribution in [1.29, 1.82) is 0 Å². The highest BCUT2D eigenvalue weighted by Gasteiger charge is 2.07. The first kappa shape index (κ1) is 9.01. The van der Waals surface area contributed by atoms with Gasteiger partial charge in [-0.1, -0.05) is 41.9 Å². The molecule has 0 saturated carbocycles. The zero-order valence-corrected chi connectivity index (χ0v) is 7.95. The molecule has 14 heavy (non-hydrogen) atoms. The Hall–Kier alpha value is -1.57. The van der Waals surface area contributed by atoms with Gasteiger partial charge < -0.3 is 0 Å². The van der Waals surface area contributed by atoms with E-state index < -0.39 is 0 Å². The van der Waals surface area contributed by atoms with Crippen LogP contribution < -0.4 is 5.46 Å². The smallest absolute Gasteiger partial charge is 0.159 e. The molecule has 2 rings (SSSR count). The van der Waals surface area contributed by atoms with Crippen molar-refractivity contribution in [3.8, 4) is 0 Å². The number of benzene rings is 2. The van der Waals surface area contributed by atoms with E-state index >= 15 is 0 Å². The molecule has 2 heteroatoms. The fourth-order valence-electron chi connectivity index (χ4n) is 1.68. The van der Waals surface area contributed by atoms with Crippen molar-refractivity contribution in [2.45, 2.75) is 6.92 Å². The Kier molecular flexibility index (Phi) is 2.12. The molecule has 2 aromatic carbocycles. The molecule has 0 aliphatic rings. The van der Waals surface area contributed by atoms with Gasteiger partial charge in [0.25, 0.3) is 0 Å². The molecule has 0 aliphatic carbocycles. The van der Waals surface area contributed by atoms with Crippen molar-refractivity contribution in [1.82, 2.24) is 0 Å². The molecule has 0 spiro atoms. The summed E-state index contributed by atoms with van der Waals surface area (Å²) in [6, 6.07) is 11.5. The van der Waals surface area contributed by atoms with Crippen molar-refractivity contribution in [2.24, 2.45) is 0 Å². The topological polar surface area (TPSA) is 17.1 Å². The first-order valence-electron chi connectivity index (χ1n) is 4.48. The molecule has 0 bridgehead atoms. The Morgan fingerprint density at radius 2 is 1.86 bits per heavy atom. The Bertz CT molecular complexity index is 503. The predicted molar refractivity (Wildman–Crippen MR) is 59.3 cm³/mol. The molecule has 0 atom stereocenters. The van der Waals surface area contributed by atoms with E-state index in [1.165, 1.54) is 6.92 Å². The summed E-state index contributed by atoms with van der Waals surface area (Å²) in [5.41, 5.74) is 1.18. The van der Waals surface area contributed by atoms with Gasteiger partial charge in [-0.2, -0.15) is 0 Å².